The fourth-order valence-electron chi connectivity index (χ4n) is 2.76. The number of carbonyl (C=O) groups is 1. The van der Waals surface area contributed by atoms with Crippen molar-refractivity contribution in [2.24, 2.45) is 0 Å². The monoisotopic (exact) mass is 372 g/mol. The highest BCUT2D eigenvalue weighted by Gasteiger charge is 2.16. The van der Waals surface area contributed by atoms with Crippen molar-refractivity contribution >= 4 is 5.91 Å². The molecule has 2 aromatic carbocycles. The van der Waals surface area contributed by atoms with Crippen molar-refractivity contribution in [2.75, 3.05) is 34.9 Å². The third-order valence-electron chi connectivity index (χ3n) is 4.36. The molecule has 1 N–H and O–H groups in total. The first-order chi connectivity index (χ1) is 13.0. The van der Waals surface area contributed by atoms with Crippen molar-refractivity contribution < 1.29 is 19.0 Å². The molecule has 6 heteroatoms. The average molecular weight is 372 g/mol. The van der Waals surface area contributed by atoms with Gasteiger partial charge in [-0.1, -0.05) is 31.2 Å². The Morgan fingerprint density at radius 1 is 1.00 bits per heavy atom. The van der Waals surface area contributed by atoms with E-state index in [1.54, 1.807) is 12.1 Å². The standard InChI is InChI=1S/C21H28N2O4/c1-6-23(2)14-16-9-7-8-15(10-16)13-22-21(24)17-11-18(25-3)20(27-5)19(12-17)26-4/h7-12H,6,13-14H2,1-5H3,(H,22,24). The van der Waals surface area contributed by atoms with Crippen LogP contribution >= 0.6 is 0 Å². The summed E-state index contributed by atoms with van der Waals surface area (Å²) in [5.41, 5.74) is 2.73. The SMILES string of the molecule is CCN(C)Cc1cccc(CNC(=O)c2cc(OC)c(OC)c(OC)c2)c1. The Morgan fingerprint density at radius 3 is 2.19 bits per heavy atom. The first-order valence-corrected chi connectivity index (χ1v) is 8.86. The van der Waals surface area contributed by atoms with E-state index >= 15 is 0 Å². The molecule has 0 spiro atoms. The zero-order chi connectivity index (χ0) is 19.8. The van der Waals surface area contributed by atoms with E-state index in [0.717, 1.165) is 18.7 Å². The van der Waals surface area contributed by atoms with Gasteiger partial charge in [0.05, 0.1) is 21.3 Å². The van der Waals surface area contributed by atoms with Gasteiger partial charge in [-0.3, -0.25) is 4.79 Å². The van der Waals surface area contributed by atoms with Gasteiger partial charge in [-0.15, -0.1) is 0 Å². The van der Waals surface area contributed by atoms with Gasteiger partial charge in [0, 0.05) is 18.7 Å². The molecule has 0 aliphatic carbocycles. The quantitative estimate of drug-likeness (QED) is 0.733. The van der Waals surface area contributed by atoms with E-state index < -0.39 is 0 Å². The summed E-state index contributed by atoms with van der Waals surface area (Å²) < 4.78 is 15.9. The molecule has 1 amide bonds. The first-order valence-electron chi connectivity index (χ1n) is 8.86. The second kappa shape index (κ2) is 9.83. The predicted molar refractivity (Wildman–Crippen MR) is 106 cm³/mol. The van der Waals surface area contributed by atoms with Gasteiger partial charge in [-0.2, -0.15) is 0 Å². The molecule has 0 heterocycles. The summed E-state index contributed by atoms with van der Waals surface area (Å²) >= 11 is 0. The topological polar surface area (TPSA) is 60.0 Å². The second-order valence-corrected chi connectivity index (χ2v) is 6.25. The van der Waals surface area contributed by atoms with E-state index in [1.165, 1.54) is 26.9 Å². The Balaban J connectivity index is 2.11. The lowest BCUT2D eigenvalue weighted by Crippen LogP contribution is -2.23. The van der Waals surface area contributed by atoms with E-state index in [2.05, 4.69) is 36.3 Å². The van der Waals surface area contributed by atoms with Crippen molar-refractivity contribution in [3.8, 4) is 17.2 Å². The number of hydrogen-bond donors (Lipinski definition) is 1. The molecule has 0 aliphatic rings. The minimum atomic E-state index is -0.203. The van der Waals surface area contributed by atoms with Crippen molar-refractivity contribution in [1.29, 1.82) is 0 Å². The largest absolute Gasteiger partial charge is 0.493 e. The van der Waals surface area contributed by atoms with Gasteiger partial charge in [0.15, 0.2) is 11.5 Å². The number of carbonyl (C=O) groups excluding carboxylic acids is 1. The molecule has 0 atom stereocenters. The number of nitrogens with zero attached hydrogens (tertiary/aromatic N) is 1. The maximum atomic E-state index is 12.6. The number of hydrogen-bond acceptors (Lipinski definition) is 5. The van der Waals surface area contributed by atoms with Crippen LogP contribution in [0.3, 0.4) is 0 Å². The Hall–Kier alpha value is -2.73. The van der Waals surface area contributed by atoms with Gasteiger partial charge in [0.25, 0.3) is 5.91 Å². The summed E-state index contributed by atoms with van der Waals surface area (Å²) in [6, 6.07) is 11.5. The lowest BCUT2D eigenvalue weighted by atomic mass is 10.1. The van der Waals surface area contributed by atoms with Gasteiger partial charge in [0.2, 0.25) is 5.75 Å². The highest BCUT2D eigenvalue weighted by Crippen LogP contribution is 2.38. The van der Waals surface area contributed by atoms with Crippen LogP contribution in [-0.4, -0.2) is 45.7 Å². The van der Waals surface area contributed by atoms with Crippen LogP contribution in [0.5, 0.6) is 17.2 Å². The fourth-order valence-corrected chi connectivity index (χ4v) is 2.76. The molecule has 2 rings (SSSR count). The van der Waals surface area contributed by atoms with Gasteiger partial charge >= 0.3 is 0 Å². The van der Waals surface area contributed by atoms with Crippen LogP contribution in [0.4, 0.5) is 0 Å². The van der Waals surface area contributed by atoms with Crippen molar-refractivity contribution in [2.45, 2.75) is 20.0 Å². The smallest absolute Gasteiger partial charge is 0.251 e. The molecule has 0 fully saturated rings. The molecular formula is C21H28N2O4. The van der Waals surface area contributed by atoms with Gasteiger partial charge < -0.3 is 24.4 Å². The van der Waals surface area contributed by atoms with Crippen molar-refractivity contribution in [3.63, 3.8) is 0 Å². The number of benzene rings is 2. The number of ether oxygens (including phenoxy) is 3. The second-order valence-electron chi connectivity index (χ2n) is 6.25. The number of methoxy groups -OCH3 is 3. The van der Waals surface area contributed by atoms with Gasteiger partial charge in [-0.05, 0) is 36.9 Å². The molecule has 2 aromatic rings. The lowest BCUT2D eigenvalue weighted by molar-refractivity contribution is 0.0950. The molecule has 0 saturated heterocycles. The van der Waals surface area contributed by atoms with Crippen LogP contribution < -0.4 is 19.5 Å². The summed E-state index contributed by atoms with van der Waals surface area (Å²) in [7, 11) is 6.66. The number of nitrogens with one attached hydrogen (secondary N) is 1. The highest BCUT2D eigenvalue weighted by atomic mass is 16.5. The average Bonchev–Trinajstić information content (AvgIpc) is 2.70. The van der Waals surface area contributed by atoms with Crippen LogP contribution in [0, 0.1) is 0 Å². The minimum Gasteiger partial charge on any atom is -0.493 e. The summed E-state index contributed by atoms with van der Waals surface area (Å²) in [6.07, 6.45) is 0. The van der Waals surface area contributed by atoms with Gasteiger partial charge in [0.1, 0.15) is 0 Å². The van der Waals surface area contributed by atoms with Crippen LogP contribution in [0.1, 0.15) is 28.4 Å². The van der Waals surface area contributed by atoms with E-state index in [0.29, 0.717) is 29.4 Å². The van der Waals surface area contributed by atoms with E-state index in [-0.39, 0.29) is 5.91 Å². The fraction of sp³-hybridized carbons (Fsp3) is 0.381. The molecule has 0 aliphatic heterocycles. The number of rotatable bonds is 9. The third-order valence-corrected chi connectivity index (χ3v) is 4.36. The van der Waals surface area contributed by atoms with Crippen molar-refractivity contribution in [1.82, 2.24) is 10.2 Å². The highest BCUT2D eigenvalue weighted by molar-refractivity contribution is 5.95. The Kier molecular flexibility index (Phi) is 7.49. The zero-order valence-corrected chi connectivity index (χ0v) is 16.7. The Labute approximate surface area is 161 Å². The normalized spacial score (nSPS) is 10.6. The zero-order valence-electron chi connectivity index (χ0n) is 16.7. The van der Waals surface area contributed by atoms with Crippen LogP contribution in [0.15, 0.2) is 36.4 Å². The lowest BCUT2D eigenvalue weighted by Gasteiger charge is -2.15. The molecule has 6 nitrogen and oxygen atoms in total. The van der Waals surface area contributed by atoms with Crippen LogP contribution in [0.2, 0.25) is 0 Å². The molecule has 0 aromatic heterocycles. The Bertz CT molecular complexity index is 752. The maximum Gasteiger partial charge on any atom is 0.251 e. The molecule has 0 bridgehead atoms. The van der Waals surface area contributed by atoms with Crippen LogP contribution in [0.25, 0.3) is 0 Å². The first kappa shape index (κ1) is 20.6. The van der Waals surface area contributed by atoms with E-state index in [4.69, 9.17) is 14.2 Å². The third kappa shape index (κ3) is 5.37. The summed E-state index contributed by atoms with van der Waals surface area (Å²) in [5.74, 6) is 1.16. The summed E-state index contributed by atoms with van der Waals surface area (Å²) in [4.78, 5) is 14.8. The Morgan fingerprint density at radius 2 is 1.63 bits per heavy atom. The summed E-state index contributed by atoms with van der Waals surface area (Å²) in [5, 5.41) is 2.95. The summed E-state index contributed by atoms with van der Waals surface area (Å²) in [6.45, 7) is 4.44. The van der Waals surface area contributed by atoms with E-state index in [1.807, 2.05) is 12.1 Å². The molecular weight excluding hydrogens is 344 g/mol. The predicted octanol–water partition coefficient (Wildman–Crippen LogP) is 3.09. The van der Waals surface area contributed by atoms with Crippen molar-refractivity contribution in [3.05, 3.63) is 53.1 Å². The molecule has 0 unspecified atom stereocenters. The van der Waals surface area contributed by atoms with Gasteiger partial charge in [-0.25, -0.2) is 0 Å². The molecule has 27 heavy (non-hydrogen) atoms. The van der Waals surface area contributed by atoms with E-state index in [9.17, 15) is 4.79 Å². The maximum absolute atomic E-state index is 12.6. The molecule has 146 valence electrons. The molecule has 0 saturated carbocycles. The van der Waals surface area contributed by atoms with Crippen LogP contribution in [-0.2, 0) is 13.1 Å². The molecule has 0 radical (unpaired) electrons. The number of amides is 1. The minimum absolute atomic E-state index is 0.203.